The van der Waals surface area contributed by atoms with E-state index in [0.717, 1.165) is 25.5 Å². The van der Waals surface area contributed by atoms with Crippen LogP contribution in [0, 0.1) is 5.92 Å². The number of cyclic esters (lactones) is 2. The summed E-state index contributed by atoms with van der Waals surface area (Å²) in [5.74, 6) is -1.16. The predicted octanol–water partition coefficient (Wildman–Crippen LogP) is 4.51. The van der Waals surface area contributed by atoms with Crippen molar-refractivity contribution in [3.8, 4) is 0 Å². The maximum atomic E-state index is 11.4. The summed E-state index contributed by atoms with van der Waals surface area (Å²) < 4.78 is 54.2. The number of nitrogens with zero attached hydrogens (tertiary/aromatic N) is 1. The van der Waals surface area contributed by atoms with E-state index in [9.17, 15) is 19.2 Å². The molecule has 48 heavy (non-hydrogen) atoms. The Bertz CT molecular complexity index is 849. The smallest absolute Gasteiger partial charge is 0.393 e. The van der Waals surface area contributed by atoms with E-state index in [2.05, 4.69) is 9.73 Å². The number of ether oxygens (including phenoxy) is 1. The van der Waals surface area contributed by atoms with E-state index in [4.69, 9.17) is 39.8 Å². The Morgan fingerprint density at radius 3 is 1.46 bits per heavy atom. The zero-order valence-electron chi connectivity index (χ0n) is 30.6. The molecule has 1 rings (SSSR count). The summed E-state index contributed by atoms with van der Waals surface area (Å²) in [6.45, 7) is 15.3. The van der Waals surface area contributed by atoms with Crippen LogP contribution in [-0.4, -0.2) is 118 Å². The number of hydrogen-bond donors (Lipinski definition) is 0. The van der Waals surface area contributed by atoms with Gasteiger partial charge in [0.15, 0.2) is 0 Å². The van der Waals surface area contributed by atoms with Gasteiger partial charge in [0.1, 0.15) is 6.29 Å². The molecule has 0 aromatic rings. The Morgan fingerprint density at radius 1 is 0.708 bits per heavy atom. The van der Waals surface area contributed by atoms with Crippen LogP contribution in [0.4, 0.5) is 0 Å². The fourth-order valence-corrected chi connectivity index (χ4v) is 11.7. The van der Waals surface area contributed by atoms with E-state index in [1.54, 1.807) is 21.3 Å². The lowest BCUT2D eigenvalue weighted by Gasteiger charge is -2.28. The first-order valence-electron chi connectivity index (χ1n) is 16.8. The highest BCUT2D eigenvalue weighted by molar-refractivity contribution is 6.61. The van der Waals surface area contributed by atoms with Crippen LogP contribution in [0.15, 0.2) is 4.99 Å². The molecule has 0 saturated carbocycles. The number of esters is 2. The summed E-state index contributed by atoms with van der Waals surface area (Å²) in [5, 5.41) is 0. The van der Waals surface area contributed by atoms with Gasteiger partial charge in [-0.05, 0) is 67.2 Å². The highest BCUT2D eigenvalue weighted by Gasteiger charge is 2.42. The number of isocyanates is 1. The molecule has 0 aliphatic carbocycles. The van der Waals surface area contributed by atoms with Crippen molar-refractivity contribution in [1.29, 1.82) is 0 Å². The van der Waals surface area contributed by atoms with Crippen molar-refractivity contribution in [2.45, 2.75) is 98.2 Å². The average Bonchev–Trinajstić information content (AvgIpc) is 3.39. The minimum absolute atomic E-state index is 0.186. The zero-order valence-corrected chi connectivity index (χ0v) is 33.6. The van der Waals surface area contributed by atoms with E-state index in [0.29, 0.717) is 77.2 Å². The number of unbranched alkanes of at least 4 members (excludes halogenated alkanes) is 1. The average molecular weight is 744 g/mol. The van der Waals surface area contributed by atoms with Crippen molar-refractivity contribution in [3.05, 3.63) is 0 Å². The van der Waals surface area contributed by atoms with Crippen molar-refractivity contribution in [1.82, 2.24) is 0 Å². The summed E-state index contributed by atoms with van der Waals surface area (Å²) in [6, 6.07) is 2.03. The summed E-state index contributed by atoms with van der Waals surface area (Å²) in [6.07, 6.45) is 5.93. The molecule has 1 aliphatic heterocycles. The Hall–Kier alpha value is -1.52. The van der Waals surface area contributed by atoms with Crippen LogP contribution < -0.4 is 0 Å². The number of hydrogen-bond acceptors (Lipinski definition) is 15. The lowest BCUT2D eigenvalue weighted by Crippen LogP contribution is -2.46. The van der Waals surface area contributed by atoms with E-state index >= 15 is 0 Å². The molecule has 0 aromatic heterocycles. The molecule has 1 atom stereocenters. The third-order valence-electron chi connectivity index (χ3n) is 6.74. The van der Waals surface area contributed by atoms with Crippen molar-refractivity contribution in [2.75, 3.05) is 67.5 Å². The molecule has 0 amide bonds. The largest absolute Gasteiger partial charge is 0.500 e. The minimum Gasteiger partial charge on any atom is -0.393 e. The molecule has 1 heterocycles. The Balaban J connectivity index is 0. The Kier molecular flexibility index (Phi) is 30.7. The molecule has 0 aromatic carbocycles. The van der Waals surface area contributed by atoms with E-state index in [1.165, 1.54) is 6.08 Å². The Labute approximate surface area is 290 Å². The van der Waals surface area contributed by atoms with Crippen molar-refractivity contribution < 1.29 is 63.7 Å². The van der Waals surface area contributed by atoms with Gasteiger partial charge in [0.2, 0.25) is 6.08 Å². The van der Waals surface area contributed by atoms with Gasteiger partial charge in [0.05, 0.1) is 18.9 Å². The maximum Gasteiger partial charge on any atom is 0.500 e. The third-order valence-corrected chi connectivity index (χ3v) is 15.9. The number of aliphatic imine (C=N–C) groups is 1. The van der Waals surface area contributed by atoms with E-state index in [1.807, 2.05) is 41.5 Å². The van der Waals surface area contributed by atoms with Crippen molar-refractivity contribution >= 4 is 50.7 Å². The minimum atomic E-state index is -2.64. The van der Waals surface area contributed by atoms with Crippen molar-refractivity contribution in [3.63, 3.8) is 0 Å². The van der Waals surface area contributed by atoms with E-state index in [-0.39, 0.29) is 12.3 Å². The molecule has 282 valence electrons. The molecule has 0 bridgehead atoms. The van der Waals surface area contributed by atoms with Crippen LogP contribution in [0.3, 0.4) is 0 Å². The molecule has 0 radical (unpaired) electrons. The molecule has 18 heteroatoms. The van der Waals surface area contributed by atoms with Gasteiger partial charge in [-0.2, -0.15) is 0 Å². The molecule has 1 aliphatic rings. The van der Waals surface area contributed by atoms with Crippen molar-refractivity contribution in [2.24, 2.45) is 10.9 Å². The van der Waals surface area contributed by atoms with Gasteiger partial charge in [0, 0.05) is 85.5 Å². The number of carbonyl (C=O) groups is 3. The number of rotatable bonds is 27. The van der Waals surface area contributed by atoms with Gasteiger partial charge in [-0.3, -0.25) is 9.59 Å². The topological polar surface area (TPSA) is 173 Å². The van der Waals surface area contributed by atoms with Crippen LogP contribution >= 0.6 is 0 Å². The summed E-state index contributed by atoms with van der Waals surface area (Å²) in [4.78, 5) is 45.9. The summed E-state index contributed by atoms with van der Waals surface area (Å²) in [7, 11) is -2.88. The first-order chi connectivity index (χ1) is 23.1. The lowest BCUT2D eigenvalue weighted by molar-refractivity contribution is -0.153. The summed E-state index contributed by atoms with van der Waals surface area (Å²) >= 11 is 0. The van der Waals surface area contributed by atoms with Crippen LogP contribution in [0.2, 0.25) is 18.1 Å². The first kappa shape index (κ1) is 48.6. The molecule has 1 fully saturated rings. The summed E-state index contributed by atoms with van der Waals surface area (Å²) in [5.41, 5.74) is 0. The van der Waals surface area contributed by atoms with Gasteiger partial charge in [-0.1, -0.05) is 0 Å². The van der Waals surface area contributed by atoms with Crippen LogP contribution in [0.1, 0.15) is 80.1 Å². The van der Waals surface area contributed by atoms with Gasteiger partial charge in [-0.15, -0.1) is 0 Å². The molecule has 15 nitrogen and oxygen atoms in total. The fraction of sp³-hybridized carbons (Fsp3) is 0.867. The SMILES string of the molecule is CCO[Si](CCCC1CC(=O)OC1=O)(OCC)OCC.CCO[Si](CCCN=C=O)(OCC)OCC.CO[Si](CCCC=O)(OC)OC. The van der Waals surface area contributed by atoms with Gasteiger partial charge >= 0.3 is 38.4 Å². The van der Waals surface area contributed by atoms with Gasteiger partial charge < -0.3 is 49.4 Å². The number of carbonyl (C=O) groups excluding carboxylic acids is 4. The second-order valence-electron chi connectivity index (χ2n) is 9.98. The van der Waals surface area contributed by atoms with Gasteiger partial charge in [0.25, 0.3) is 0 Å². The monoisotopic (exact) mass is 743 g/mol. The first-order valence-corrected chi connectivity index (χ1v) is 22.6. The second kappa shape index (κ2) is 30.3. The predicted molar refractivity (Wildman–Crippen MR) is 184 cm³/mol. The molecule has 1 unspecified atom stereocenters. The Morgan fingerprint density at radius 2 is 1.12 bits per heavy atom. The molecular weight excluding hydrogens is 683 g/mol. The molecule has 0 N–H and O–H groups in total. The normalized spacial score (nSPS) is 14.7. The van der Waals surface area contributed by atoms with Gasteiger partial charge in [-0.25, -0.2) is 9.79 Å². The highest BCUT2D eigenvalue weighted by atomic mass is 28.4. The van der Waals surface area contributed by atoms with E-state index < -0.39 is 38.4 Å². The standard InChI is InChI=1S/C13H24O6Si.C10H21NO4Si.C7H16O4Si/c1-4-16-20(17-5-2,18-6-3)9-7-8-11-10-12(14)19-13(11)15;1-4-13-16(14-5-2,15-6-3)9-7-8-11-10-12;1-9-12(10-2,11-3)7-5-4-6-8/h11H,4-10H2,1-3H3;4-9H2,1-3H3;6H,4-5,7H2,1-3H3. The number of aldehydes is 1. The lowest BCUT2D eigenvalue weighted by atomic mass is 10.0. The third kappa shape index (κ3) is 20.9. The van der Waals surface area contributed by atoms with Crippen LogP contribution in [0.25, 0.3) is 0 Å². The highest BCUT2D eigenvalue weighted by Crippen LogP contribution is 2.26. The zero-order chi connectivity index (χ0) is 36.7. The molecular formula is C30H61NO14Si3. The molecule has 1 saturated heterocycles. The maximum absolute atomic E-state index is 11.4. The molecule has 0 spiro atoms. The fourth-order valence-electron chi connectivity index (χ4n) is 4.69. The van der Waals surface area contributed by atoms with Crippen LogP contribution in [0.5, 0.6) is 0 Å². The second-order valence-corrected chi connectivity index (χ2v) is 18.5. The quantitative estimate of drug-likeness (QED) is 0.0219. The van der Waals surface area contributed by atoms with Crippen LogP contribution in [-0.2, 0) is 63.7 Å².